The summed E-state index contributed by atoms with van der Waals surface area (Å²) in [6.07, 6.45) is 0.840. The topological polar surface area (TPSA) is 79.3 Å². The molecular formula is C16H12N2O3. The van der Waals surface area contributed by atoms with Crippen LogP contribution in [0.25, 0.3) is 11.0 Å². The normalized spacial score (nSPS) is 12.0. The molecule has 21 heavy (non-hydrogen) atoms. The Hall–Kier alpha value is -2.84. The molecule has 0 unspecified atom stereocenters. The maximum Gasteiger partial charge on any atom is 0.247 e. The molecule has 1 aromatic carbocycles. The smallest absolute Gasteiger partial charge is 0.247 e. The van der Waals surface area contributed by atoms with Crippen LogP contribution in [0.3, 0.4) is 0 Å². The molecule has 2 aromatic heterocycles. The quantitative estimate of drug-likeness (QED) is 0.793. The highest BCUT2D eigenvalue weighted by atomic mass is 16.5. The van der Waals surface area contributed by atoms with Crippen LogP contribution in [0.1, 0.15) is 24.4 Å². The maximum atomic E-state index is 9.76. The van der Waals surface area contributed by atoms with Crippen molar-refractivity contribution in [3.05, 3.63) is 53.9 Å². The number of para-hydroxylation sites is 1. The number of aliphatic hydroxyl groups is 1. The van der Waals surface area contributed by atoms with E-state index < -0.39 is 6.10 Å². The summed E-state index contributed by atoms with van der Waals surface area (Å²) in [6.45, 7) is 1.63. The second kappa shape index (κ2) is 5.27. The number of ether oxygens (including phenoxy) is 1. The molecule has 0 bridgehead atoms. The minimum absolute atomic E-state index is 0.0818. The fraction of sp³-hybridized carbons (Fsp3) is 0.125. The molecule has 0 saturated heterocycles. The first-order valence-electron chi connectivity index (χ1n) is 6.43. The Morgan fingerprint density at radius 2 is 2.10 bits per heavy atom. The Bertz CT molecular complexity index is 831. The minimum atomic E-state index is -0.725. The molecule has 104 valence electrons. The lowest BCUT2D eigenvalue weighted by Gasteiger charge is -2.10. The van der Waals surface area contributed by atoms with Crippen LogP contribution < -0.4 is 4.74 Å². The summed E-state index contributed by atoms with van der Waals surface area (Å²) in [4.78, 5) is 4.12. The molecule has 0 aliphatic carbocycles. The molecule has 0 spiro atoms. The molecule has 0 saturated carbocycles. The Morgan fingerprint density at radius 1 is 1.29 bits per heavy atom. The van der Waals surface area contributed by atoms with Crippen LogP contribution in [-0.2, 0) is 0 Å². The maximum absolute atomic E-state index is 9.76. The highest BCUT2D eigenvalue weighted by Gasteiger charge is 2.19. The summed E-state index contributed by atoms with van der Waals surface area (Å²) in [5.74, 6) is 0.655. The van der Waals surface area contributed by atoms with Crippen molar-refractivity contribution in [1.29, 1.82) is 5.26 Å². The zero-order valence-corrected chi connectivity index (χ0v) is 11.3. The Balaban J connectivity index is 2.13. The van der Waals surface area contributed by atoms with Gasteiger partial charge in [0.25, 0.3) is 0 Å². The predicted molar refractivity (Wildman–Crippen MR) is 75.9 cm³/mol. The first-order chi connectivity index (χ1) is 10.2. The summed E-state index contributed by atoms with van der Waals surface area (Å²) in [7, 11) is 0. The van der Waals surface area contributed by atoms with Crippen LogP contribution in [0, 0.1) is 11.3 Å². The Morgan fingerprint density at radius 3 is 2.86 bits per heavy atom. The molecule has 0 aliphatic heterocycles. The second-order valence-corrected chi connectivity index (χ2v) is 4.54. The van der Waals surface area contributed by atoms with E-state index in [1.165, 1.54) is 0 Å². The van der Waals surface area contributed by atoms with E-state index in [4.69, 9.17) is 9.15 Å². The average molecular weight is 280 g/mol. The molecule has 3 rings (SSSR count). The molecule has 0 radical (unpaired) electrons. The van der Waals surface area contributed by atoms with Gasteiger partial charge in [0.15, 0.2) is 5.75 Å². The number of benzene rings is 1. The van der Waals surface area contributed by atoms with Gasteiger partial charge in [-0.15, -0.1) is 0 Å². The summed E-state index contributed by atoms with van der Waals surface area (Å²) in [6, 6.07) is 12.6. The van der Waals surface area contributed by atoms with Gasteiger partial charge in [-0.3, -0.25) is 0 Å². The van der Waals surface area contributed by atoms with Crippen molar-refractivity contribution in [2.75, 3.05) is 0 Å². The molecular weight excluding hydrogens is 268 g/mol. The summed E-state index contributed by atoms with van der Waals surface area (Å²) >= 11 is 0. The number of hydrogen-bond donors (Lipinski definition) is 1. The molecule has 2 heterocycles. The van der Waals surface area contributed by atoms with Crippen molar-refractivity contribution in [2.45, 2.75) is 13.0 Å². The number of nitrogens with zero attached hydrogens (tertiary/aromatic N) is 2. The first kappa shape index (κ1) is 13.2. The van der Waals surface area contributed by atoms with Crippen LogP contribution in [0.2, 0.25) is 0 Å². The van der Waals surface area contributed by atoms with Crippen molar-refractivity contribution in [2.24, 2.45) is 0 Å². The summed E-state index contributed by atoms with van der Waals surface area (Å²) < 4.78 is 11.2. The molecule has 5 nitrogen and oxygen atoms in total. The zero-order valence-electron chi connectivity index (χ0n) is 11.3. The van der Waals surface area contributed by atoms with Crippen molar-refractivity contribution in [3.8, 4) is 17.7 Å². The minimum Gasteiger partial charge on any atom is -0.442 e. The molecule has 0 amide bonds. The number of hydrogen-bond acceptors (Lipinski definition) is 5. The van der Waals surface area contributed by atoms with Gasteiger partial charge in [-0.25, -0.2) is 4.98 Å². The van der Waals surface area contributed by atoms with E-state index in [1.54, 1.807) is 37.4 Å². The number of rotatable bonds is 3. The number of pyridine rings is 1. The number of aromatic nitrogens is 1. The van der Waals surface area contributed by atoms with Crippen LogP contribution >= 0.6 is 0 Å². The largest absolute Gasteiger partial charge is 0.442 e. The monoisotopic (exact) mass is 280 g/mol. The molecule has 0 aliphatic rings. The number of aliphatic hydroxyl groups excluding tert-OH is 1. The number of nitriles is 1. The van der Waals surface area contributed by atoms with Crippen molar-refractivity contribution in [1.82, 2.24) is 4.98 Å². The van der Waals surface area contributed by atoms with Crippen molar-refractivity contribution >= 4 is 11.0 Å². The van der Waals surface area contributed by atoms with E-state index in [2.05, 4.69) is 4.98 Å². The van der Waals surface area contributed by atoms with Gasteiger partial charge in [0, 0.05) is 11.8 Å². The number of fused-ring (bicyclic) bond motifs is 1. The van der Waals surface area contributed by atoms with Crippen LogP contribution in [-0.4, -0.2) is 10.1 Å². The van der Waals surface area contributed by atoms with E-state index in [0.717, 1.165) is 0 Å². The fourth-order valence-corrected chi connectivity index (χ4v) is 2.10. The standard InChI is InChI=1S/C16H12N2O3/c1-10(19)11-6-4-8-18-16(11)21-15-12-5-2-3-7-13(12)20-14(15)9-17/h2-8,10,19H,1H3/t10-/m0/s1. The molecule has 0 fully saturated rings. The lowest BCUT2D eigenvalue weighted by Crippen LogP contribution is -1.98. The lowest BCUT2D eigenvalue weighted by atomic mass is 10.2. The molecule has 5 heteroatoms. The SMILES string of the molecule is C[C@H](O)c1cccnc1Oc1c(C#N)oc2ccccc12. The molecule has 1 N–H and O–H groups in total. The predicted octanol–water partition coefficient (Wildman–Crippen LogP) is 3.55. The van der Waals surface area contributed by atoms with Crippen LogP contribution in [0.4, 0.5) is 0 Å². The number of furan rings is 1. The van der Waals surface area contributed by atoms with Gasteiger partial charge in [-0.05, 0) is 31.2 Å². The van der Waals surface area contributed by atoms with Gasteiger partial charge in [0.1, 0.15) is 11.7 Å². The lowest BCUT2D eigenvalue weighted by molar-refractivity contribution is 0.194. The van der Waals surface area contributed by atoms with Gasteiger partial charge in [0.2, 0.25) is 11.6 Å². The van der Waals surface area contributed by atoms with Gasteiger partial charge in [0.05, 0.1) is 11.5 Å². The van der Waals surface area contributed by atoms with Crippen molar-refractivity contribution in [3.63, 3.8) is 0 Å². The van der Waals surface area contributed by atoms with E-state index in [9.17, 15) is 10.4 Å². The fourth-order valence-electron chi connectivity index (χ4n) is 2.10. The third-order valence-corrected chi connectivity index (χ3v) is 3.10. The van der Waals surface area contributed by atoms with E-state index in [0.29, 0.717) is 22.3 Å². The van der Waals surface area contributed by atoms with Gasteiger partial charge < -0.3 is 14.3 Å². The molecule has 1 atom stereocenters. The van der Waals surface area contributed by atoms with Gasteiger partial charge in [-0.1, -0.05) is 12.1 Å². The van der Waals surface area contributed by atoms with E-state index in [-0.39, 0.29) is 11.6 Å². The Kier molecular flexibility index (Phi) is 3.30. The highest BCUT2D eigenvalue weighted by Crippen LogP contribution is 2.37. The average Bonchev–Trinajstić information content (AvgIpc) is 2.86. The van der Waals surface area contributed by atoms with E-state index in [1.807, 2.05) is 18.2 Å². The van der Waals surface area contributed by atoms with Gasteiger partial charge >= 0.3 is 0 Å². The van der Waals surface area contributed by atoms with Gasteiger partial charge in [-0.2, -0.15) is 5.26 Å². The third kappa shape index (κ3) is 2.33. The molecule has 3 aromatic rings. The summed E-state index contributed by atoms with van der Waals surface area (Å²) in [5.41, 5.74) is 1.12. The highest BCUT2D eigenvalue weighted by molar-refractivity contribution is 5.86. The van der Waals surface area contributed by atoms with E-state index >= 15 is 0 Å². The van der Waals surface area contributed by atoms with Crippen LogP contribution in [0.5, 0.6) is 11.6 Å². The third-order valence-electron chi connectivity index (χ3n) is 3.10. The Labute approximate surface area is 121 Å². The van der Waals surface area contributed by atoms with Crippen LogP contribution in [0.15, 0.2) is 47.0 Å². The first-order valence-corrected chi connectivity index (χ1v) is 6.43. The zero-order chi connectivity index (χ0) is 14.8. The second-order valence-electron chi connectivity index (χ2n) is 4.54. The van der Waals surface area contributed by atoms with Crippen molar-refractivity contribution < 1.29 is 14.3 Å². The summed E-state index contributed by atoms with van der Waals surface area (Å²) in [5, 5.41) is 19.6.